The zero-order valence-corrected chi connectivity index (χ0v) is 9.12. The van der Waals surface area contributed by atoms with E-state index in [4.69, 9.17) is 0 Å². The van der Waals surface area contributed by atoms with Gasteiger partial charge in [0.2, 0.25) is 5.95 Å². The summed E-state index contributed by atoms with van der Waals surface area (Å²) in [7, 11) is 0. The smallest absolute Gasteiger partial charge is 0.272 e. The van der Waals surface area contributed by atoms with E-state index in [1.807, 2.05) is 18.2 Å². The van der Waals surface area contributed by atoms with Gasteiger partial charge in [0, 0.05) is 0 Å². The summed E-state index contributed by atoms with van der Waals surface area (Å²) in [6.07, 6.45) is 0. The summed E-state index contributed by atoms with van der Waals surface area (Å²) in [4.78, 5) is 25.0. The molecule has 0 saturated heterocycles. The Kier molecular flexibility index (Phi) is 1.91. The van der Waals surface area contributed by atoms with Crippen LogP contribution in [0.25, 0.3) is 0 Å². The van der Waals surface area contributed by atoms with Crippen LogP contribution in [0.2, 0.25) is 0 Å². The van der Waals surface area contributed by atoms with Crippen molar-refractivity contribution < 1.29 is 4.79 Å². The molecule has 1 atom stereocenters. The lowest BCUT2D eigenvalue weighted by Crippen LogP contribution is -2.26. The van der Waals surface area contributed by atoms with Gasteiger partial charge in [-0.3, -0.25) is 4.79 Å². The Balaban J connectivity index is 2.20. The summed E-state index contributed by atoms with van der Waals surface area (Å²) in [6, 6.07) is 8.63. The third kappa shape index (κ3) is 1.24. The molecule has 1 aliphatic heterocycles. The molecular formula is C11H10N4O2. The number of nitrogens with one attached hydrogen (secondary N) is 1. The predicted octanol–water partition coefficient (Wildman–Crippen LogP) is 0.811. The van der Waals surface area contributed by atoms with Crippen LogP contribution >= 0.6 is 0 Å². The van der Waals surface area contributed by atoms with E-state index in [-0.39, 0.29) is 11.6 Å². The topological polar surface area (TPSA) is 71.0 Å². The van der Waals surface area contributed by atoms with E-state index < -0.39 is 6.04 Å². The quantitative estimate of drug-likeness (QED) is 0.788. The van der Waals surface area contributed by atoms with Gasteiger partial charge in [0.1, 0.15) is 6.04 Å². The molecule has 2 heterocycles. The molecule has 0 aliphatic carbocycles. The van der Waals surface area contributed by atoms with Gasteiger partial charge in [-0.15, -0.1) is 5.10 Å². The Hall–Kier alpha value is -2.37. The SMILES string of the molecule is CC1C(=O)N(c2ccccc2)c2n[nH]c(=O)n21. The van der Waals surface area contributed by atoms with E-state index in [1.54, 1.807) is 19.1 Å². The van der Waals surface area contributed by atoms with Crippen LogP contribution in [0.15, 0.2) is 35.1 Å². The minimum Gasteiger partial charge on any atom is -0.272 e. The highest BCUT2D eigenvalue weighted by atomic mass is 16.2. The first-order valence-corrected chi connectivity index (χ1v) is 5.26. The fourth-order valence-electron chi connectivity index (χ4n) is 2.02. The number of aromatic nitrogens is 3. The molecule has 6 nitrogen and oxygen atoms in total. The van der Waals surface area contributed by atoms with E-state index in [2.05, 4.69) is 10.2 Å². The number of carbonyl (C=O) groups is 1. The maximum Gasteiger partial charge on any atom is 0.345 e. The van der Waals surface area contributed by atoms with Crippen LogP contribution in [0, 0.1) is 0 Å². The van der Waals surface area contributed by atoms with Crippen molar-refractivity contribution in [3.8, 4) is 0 Å². The Morgan fingerprint density at radius 3 is 2.65 bits per heavy atom. The molecule has 1 aromatic heterocycles. The first-order chi connectivity index (χ1) is 8.20. The van der Waals surface area contributed by atoms with Gasteiger partial charge in [-0.05, 0) is 19.1 Å². The maximum absolute atomic E-state index is 12.1. The maximum atomic E-state index is 12.1. The molecule has 1 unspecified atom stereocenters. The average Bonchev–Trinajstić information content (AvgIpc) is 2.82. The van der Waals surface area contributed by atoms with Gasteiger partial charge in [0.05, 0.1) is 5.69 Å². The Morgan fingerprint density at radius 2 is 1.94 bits per heavy atom. The second-order valence-electron chi connectivity index (χ2n) is 3.88. The van der Waals surface area contributed by atoms with Crippen LogP contribution in [0.1, 0.15) is 13.0 Å². The molecule has 0 spiro atoms. The monoisotopic (exact) mass is 230 g/mol. The summed E-state index contributed by atoms with van der Waals surface area (Å²) in [6.45, 7) is 1.69. The molecule has 86 valence electrons. The van der Waals surface area contributed by atoms with Gasteiger partial charge in [-0.25, -0.2) is 19.4 Å². The first-order valence-electron chi connectivity index (χ1n) is 5.26. The summed E-state index contributed by atoms with van der Waals surface area (Å²) in [5, 5.41) is 6.24. The summed E-state index contributed by atoms with van der Waals surface area (Å²) < 4.78 is 1.36. The molecule has 0 bridgehead atoms. The molecule has 17 heavy (non-hydrogen) atoms. The third-order valence-electron chi connectivity index (χ3n) is 2.87. The number of anilines is 2. The number of hydrogen-bond donors (Lipinski definition) is 1. The number of rotatable bonds is 1. The van der Waals surface area contributed by atoms with Crippen LogP contribution < -0.4 is 10.6 Å². The summed E-state index contributed by atoms with van der Waals surface area (Å²) in [5.41, 5.74) is 0.349. The minimum absolute atomic E-state index is 0.148. The van der Waals surface area contributed by atoms with E-state index in [0.717, 1.165) is 0 Å². The number of para-hydroxylation sites is 1. The normalized spacial score (nSPS) is 18.5. The molecule has 2 aromatic rings. The molecule has 1 amide bonds. The van der Waals surface area contributed by atoms with Gasteiger partial charge in [-0.1, -0.05) is 18.2 Å². The van der Waals surface area contributed by atoms with Crippen LogP contribution in [0.3, 0.4) is 0 Å². The predicted molar refractivity (Wildman–Crippen MR) is 61.1 cm³/mol. The van der Waals surface area contributed by atoms with E-state index in [1.165, 1.54) is 9.47 Å². The van der Waals surface area contributed by atoms with E-state index in [9.17, 15) is 9.59 Å². The highest BCUT2D eigenvalue weighted by Crippen LogP contribution is 2.32. The lowest BCUT2D eigenvalue weighted by Gasteiger charge is -2.13. The standard InChI is InChI=1S/C11H10N4O2/c1-7-9(16)15(8-5-3-2-4-6-8)10-12-13-11(17)14(7)10/h2-7H,1H3,(H,13,17). The minimum atomic E-state index is -0.517. The van der Waals surface area contributed by atoms with Crippen molar-refractivity contribution in [2.24, 2.45) is 0 Å². The van der Waals surface area contributed by atoms with Crippen molar-refractivity contribution in [1.82, 2.24) is 14.8 Å². The summed E-state index contributed by atoms with van der Waals surface area (Å²) >= 11 is 0. The zero-order chi connectivity index (χ0) is 12.0. The van der Waals surface area contributed by atoms with Gasteiger partial charge in [0.15, 0.2) is 0 Å². The van der Waals surface area contributed by atoms with Crippen molar-refractivity contribution >= 4 is 17.5 Å². The van der Waals surface area contributed by atoms with Crippen molar-refractivity contribution in [3.05, 3.63) is 40.8 Å². The Labute approximate surface area is 96.5 Å². The van der Waals surface area contributed by atoms with Crippen LogP contribution in [0.4, 0.5) is 11.6 Å². The number of amides is 1. The number of carbonyl (C=O) groups excluding carboxylic acids is 1. The van der Waals surface area contributed by atoms with E-state index >= 15 is 0 Å². The molecule has 0 saturated carbocycles. The second kappa shape index (κ2) is 3.31. The molecule has 3 rings (SSSR count). The number of benzene rings is 1. The highest BCUT2D eigenvalue weighted by Gasteiger charge is 2.38. The molecule has 1 aliphatic rings. The third-order valence-corrected chi connectivity index (χ3v) is 2.87. The van der Waals surface area contributed by atoms with Crippen LogP contribution in [-0.4, -0.2) is 20.7 Å². The number of fused-ring (bicyclic) bond motifs is 1. The van der Waals surface area contributed by atoms with Gasteiger partial charge < -0.3 is 0 Å². The van der Waals surface area contributed by atoms with Gasteiger partial charge in [0.25, 0.3) is 5.91 Å². The molecule has 0 fully saturated rings. The molecule has 0 radical (unpaired) electrons. The van der Waals surface area contributed by atoms with Crippen molar-refractivity contribution in [2.45, 2.75) is 13.0 Å². The molecule has 1 N–H and O–H groups in total. The van der Waals surface area contributed by atoms with Crippen LogP contribution in [0.5, 0.6) is 0 Å². The van der Waals surface area contributed by atoms with Crippen LogP contribution in [-0.2, 0) is 4.79 Å². The lowest BCUT2D eigenvalue weighted by atomic mass is 10.2. The largest absolute Gasteiger partial charge is 0.345 e. The van der Waals surface area contributed by atoms with Crippen molar-refractivity contribution in [2.75, 3.05) is 4.90 Å². The van der Waals surface area contributed by atoms with Crippen molar-refractivity contribution in [1.29, 1.82) is 0 Å². The molecule has 6 heteroatoms. The number of nitrogens with zero attached hydrogens (tertiary/aromatic N) is 3. The van der Waals surface area contributed by atoms with Gasteiger partial charge in [-0.2, -0.15) is 0 Å². The number of aromatic amines is 1. The highest BCUT2D eigenvalue weighted by molar-refractivity contribution is 6.04. The lowest BCUT2D eigenvalue weighted by molar-refractivity contribution is -0.119. The molecular weight excluding hydrogens is 220 g/mol. The second-order valence-corrected chi connectivity index (χ2v) is 3.88. The Bertz CT molecular complexity index is 628. The average molecular weight is 230 g/mol. The number of H-pyrrole nitrogens is 1. The Morgan fingerprint density at radius 1 is 1.24 bits per heavy atom. The first kappa shape index (κ1) is 9.83. The number of hydrogen-bond acceptors (Lipinski definition) is 3. The fraction of sp³-hybridized carbons (Fsp3) is 0.182. The van der Waals surface area contributed by atoms with Crippen molar-refractivity contribution in [3.63, 3.8) is 0 Å². The molecule has 1 aromatic carbocycles. The fourth-order valence-corrected chi connectivity index (χ4v) is 2.02. The van der Waals surface area contributed by atoms with E-state index in [0.29, 0.717) is 11.6 Å². The zero-order valence-electron chi connectivity index (χ0n) is 9.12. The van der Waals surface area contributed by atoms with Gasteiger partial charge >= 0.3 is 5.69 Å². The summed E-state index contributed by atoms with van der Waals surface area (Å²) in [5.74, 6) is 0.198.